The van der Waals surface area contributed by atoms with E-state index in [0.717, 1.165) is 25.7 Å². The molecule has 0 saturated heterocycles. The summed E-state index contributed by atoms with van der Waals surface area (Å²) in [5, 5.41) is 0. The largest absolute Gasteiger partial charge is 2.00 e. The van der Waals surface area contributed by atoms with Gasteiger partial charge in [0.15, 0.2) is 0 Å². The van der Waals surface area contributed by atoms with Crippen LogP contribution in [0.25, 0.3) is 0 Å². The Morgan fingerprint density at radius 3 is 0.894 bits per heavy atom. The summed E-state index contributed by atoms with van der Waals surface area (Å²) in [6.07, 6.45) is 29.2. The Balaban J connectivity index is 0.000000882. The molecule has 2 aromatic carbocycles. The van der Waals surface area contributed by atoms with Gasteiger partial charge in [-0.25, -0.2) is 16.8 Å². The first-order chi connectivity index (χ1) is 22.1. The van der Waals surface area contributed by atoms with Crippen LogP contribution in [0.4, 0.5) is 0 Å². The van der Waals surface area contributed by atoms with Gasteiger partial charge in [-0.15, -0.1) is 0 Å². The van der Waals surface area contributed by atoms with Gasteiger partial charge in [0.1, 0.15) is 20.2 Å². The van der Waals surface area contributed by atoms with Crippen molar-refractivity contribution >= 4 is 20.2 Å². The van der Waals surface area contributed by atoms with Crippen LogP contribution in [-0.4, -0.2) is 25.9 Å². The number of rotatable bonds is 26. The predicted molar refractivity (Wildman–Crippen MR) is 189 cm³/mol. The first-order valence-electron chi connectivity index (χ1n) is 18.2. The Morgan fingerprint density at radius 1 is 0.404 bits per heavy atom. The molecule has 0 aliphatic carbocycles. The Labute approximate surface area is 301 Å². The van der Waals surface area contributed by atoms with Crippen LogP contribution < -0.4 is 0 Å². The topological polar surface area (TPSA) is 114 Å². The molecular formula is C38H62O6S2Zn. The molecule has 47 heavy (non-hydrogen) atoms. The van der Waals surface area contributed by atoms with Crippen molar-refractivity contribution in [2.45, 2.75) is 178 Å². The van der Waals surface area contributed by atoms with Gasteiger partial charge in [-0.05, 0) is 48.9 Å². The Hall–Kier alpha value is -1.12. The molecule has 0 bridgehead atoms. The van der Waals surface area contributed by atoms with Gasteiger partial charge in [0.05, 0.1) is 9.79 Å². The molecule has 0 heterocycles. The smallest absolute Gasteiger partial charge is 0.744 e. The van der Waals surface area contributed by atoms with E-state index in [2.05, 4.69) is 13.8 Å². The van der Waals surface area contributed by atoms with Gasteiger partial charge >= 0.3 is 19.5 Å². The molecule has 264 valence electrons. The third-order valence-electron chi connectivity index (χ3n) is 8.58. The van der Waals surface area contributed by atoms with Crippen LogP contribution in [0.15, 0.2) is 58.3 Å². The maximum Gasteiger partial charge on any atom is 2.00 e. The second-order valence-corrected chi connectivity index (χ2v) is 15.4. The van der Waals surface area contributed by atoms with E-state index in [1.807, 2.05) is 0 Å². The molecule has 6 nitrogen and oxygen atoms in total. The second kappa shape index (κ2) is 28.7. The van der Waals surface area contributed by atoms with E-state index in [9.17, 15) is 25.9 Å². The van der Waals surface area contributed by atoms with Crippen LogP contribution in [0.1, 0.15) is 166 Å². The Bertz CT molecular complexity index is 1150. The standard InChI is InChI=1S/2C19H32O3S.Zn/c2*1-2-3-4-5-6-7-8-9-10-11-12-15-18-16-13-14-17-19(18)23(20,21)22;/h2*13-14,16-17H,2-12,15H2,1H3,(H,20,21,22);/q;;+2/p-2. The summed E-state index contributed by atoms with van der Waals surface area (Å²) in [6.45, 7) is 4.48. The molecule has 2 rings (SSSR count). The second-order valence-electron chi connectivity index (χ2n) is 12.7. The number of aryl methyl sites for hydroxylation is 2. The average molecular weight is 744 g/mol. The van der Waals surface area contributed by atoms with Gasteiger partial charge in [-0.1, -0.05) is 179 Å². The van der Waals surface area contributed by atoms with Crippen molar-refractivity contribution < 1.29 is 45.4 Å². The molecule has 2 aromatic rings. The molecule has 9 heteroatoms. The minimum atomic E-state index is -4.35. The van der Waals surface area contributed by atoms with Gasteiger partial charge < -0.3 is 9.11 Å². The minimum absolute atomic E-state index is 0. The van der Waals surface area contributed by atoms with Crippen LogP contribution in [0.3, 0.4) is 0 Å². The van der Waals surface area contributed by atoms with Gasteiger partial charge in [0.2, 0.25) is 0 Å². The minimum Gasteiger partial charge on any atom is -0.744 e. The van der Waals surface area contributed by atoms with Crippen LogP contribution in [0, 0.1) is 0 Å². The number of unbranched alkanes of at least 4 members (excludes halogenated alkanes) is 20. The number of hydrogen-bond acceptors (Lipinski definition) is 6. The zero-order valence-corrected chi connectivity index (χ0v) is 34.2. The van der Waals surface area contributed by atoms with Crippen molar-refractivity contribution in [3.05, 3.63) is 59.7 Å². The van der Waals surface area contributed by atoms with Gasteiger partial charge in [0, 0.05) is 0 Å². The SMILES string of the molecule is CCCCCCCCCCCCCc1ccccc1S(=O)(=O)[O-].CCCCCCCCCCCCCc1ccccc1S(=O)(=O)[O-].[Zn+2]. The summed E-state index contributed by atoms with van der Waals surface area (Å²) in [5.41, 5.74) is 1.33. The van der Waals surface area contributed by atoms with Gasteiger partial charge in [-0.2, -0.15) is 0 Å². The van der Waals surface area contributed by atoms with E-state index in [1.165, 1.54) is 128 Å². The fourth-order valence-electron chi connectivity index (χ4n) is 5.87. The summed E-state index contributed by atoms with van der Waals surface area (Å²) in [7, 11) is -8.70. The van der Waals surface area contributed by atoms with Crippen molar-refractivity contribution in [1.82, 2.24) is 0 Å². The molecule has 0 fully saturated rings. The van der Waals surface area contributed by atoms with Gasteiger partial charge in [0.25, 0.3) is 0 Å². The van der Waals surface area contributed by atoms with Crippen molar-refractivity contribution in [3.8, 4) is 0 Å². The van der Waals surface area contributed by atoms with E-state index < -0.39 is 20.2 Å². The zero-order chi connectivity index (χ0) is 33.9. The molecule has 0 aromatic heterocycles. The van der Waals surface area contributed by atoms with Crippen molar-refractivity contribution in [2.75, 3.05) is 0 Å². The molecule has 0 atom stereocenters. The monoisotopic (exact) mass is 742 g/mol. The normalized spacial score (nSPS) is 11.5. The molecule has 0 aliphatic rings. The molecule has 0 aliphatic heterocycles. The maximum absolute atomic E-state index is 11.2. The maximum atomic E-state index is 11.2. The summed E-state index contributed by atoms with van der Waals surface area (Å²) < 4.78 is 67.2. The van der Waals surface area contributed by atoms with E-state index in [0.29, 0.717) is 24.0 Å². The van der Waals surface area contributed by atoms with E-state index >= 15 is 0 Å². The predicted octanol–water partition coefficient (Wildman–Crippen LogP) is 10.9. The summed E-state index contributed by atoms with van der Waals surface area (Å²) in [5.74, 6) is 0. The molecule has 0 N–H and O–H groups in total. The van der Waals surface area contributed by atoms with E-state index in [4.69, 9.17) is 0 Å². The first-order valence-corrected chi connectivity index (χ1v) is 21.0. The van der Waals surface area contributed by atoms with Crippen molar-refractivity contribution in [3.63, 3.8) is 0 Å². The quantitative estimate of drug-likeness (QED) is 0.0538. The van der Waals surface area contributed by atoms with Crippen LogP contribution in [0.5, 0.6) is 0 Å². The molecule has 0 amide bonds. The number of hydrogen-bond donors (Lipinski definition) is 0. The first kappa shape index (κ1) is 45.9. The fourth-order valence-corrected chi connectivity index (χ4v) is 7.34. The molecular weight excluding hydrogens is 682 g/mol. The Kier molecular flexibility index (Phi) is 28.0. The molecule has 0 spiro atoms. The Morgan fingerprint density at radius 2 is 0.638 bits per heavy atom. The molecule has 0 unspecified atom stereocenters. The third-order valence-corrected chi connectivity index (χ3v) is 10.5. The summed E-state index contributed by atoms with van der Waals surface area (Å²) >= 11 is 0. The van der Waals surface area contributed by atoms with Gasteiger partial charge in [-0.3, -0.25) is 0 Å². The zero-order valence-electron chi connectivity index (χ0n) is 29.6. The van der Waals surface area contributed by atoms with E-state index in [1.54, 1.807) is 36.4 Å². The van der Waals surface area contributed by atoms with Crippen LogP contribution >= 0.6 is 0 Å². The van der Waals surface area contributed by atoms with E-state index in [-0.39, 0.29) is 29.3 Å². The summed E-state index contributed by atoms with van der Waals surface area (Å²) in [4.78, 5) is -0.0980. The molecule has 0 saturated carbocycles. The molecule has 0 radical (unpaired) electrons. The fraction of sp³-hybridized carbons (Fsp3) is 0.684. The van der Waals surface area contributed by atoms with Crippen LogP contribution in [-0.2, 0) is 52.6 Å². The third kappa shape index (κ3) is 23.8. The number of benzene rings is 2. The summed E-state index contributed by atoms with van der Waals surface area (Å²) in [6, 6.07) is 13.1. The average Bonchev–Trinajstić information content (AvgIpc) is 3.02. The van der Waals surface area contributed by atoms with Crippen LogP contribution in [0.2, 0.25) is 0 Å². The van der Waals surface area contributed by atoms with Crippen molar-refractivity contribution in [1.29, 1.82) is 0 Å². The van der Waals surface area contributed by atoms with Crippen molar-refractivity contribution in [2.24, 2.45) is 0 Å².